The Bertz CT molecular complexity index is 716. The maximum absolute atomic E-state index is 12.3. The Balaban J connectivity index is 1.73. The van der Waals surface area contributed by atoms with Crippen LogP contribution in [-0.2, 0) is 11.2 Å². The smallest absolute Gasteiger partial charge is 0.257 e. The number of rotatable bonds is 4. The van der Waals surface area contributed by atoms with Gasteiger partial charge < -0.3 is 4.74 Å². The van der Waals surface area contributed by atoms with Crippen molar-refractivity contribution in [3.8, 4) is 6.07 Å². The van der Waals surface area contributed by atoms with Crippen molar-refractivity contribution >= 4 is 22.4 Å². The molecule has 1 N–H and O–H groups in total. The lowest BCUT2D eigenvalue weighted by Crippen LogP contribution is -2.14. The van der Waals surface area contributed by atoms with E-state index >= 15 is 0 Å². The van der Waals surface area contributed by atoms with Crippen LogP contribution in [0.1, 0.15) is 39.9 Å². The molecule has 2 aromatic rings. The molecule has 1 amide bonds. The Morgan fingerprint density at radius 1 is 1.45 bits per heavy atom. The van der Waals surface area contributed by atoms with E-state index in [0.717, 1.165) is 24.5 Å². The highest BCUT2D eigenvalue weighted by Crippen LogP contribution is 2.32. The summed E-state index contributed by atoms with van der Waals surface area (Å²) in [4.78, 5) is 12.3. The summed E-state index contributed by atoms with van der Waals surface area (Å²) in [5.41, 5.74) is 1.18. The molecule has 1 aliphatic rings. The van der Waals surface area contributed by atoms with Gasteiger partial charge in [-0.2, -0.15) is 5.26 Å². The number of carbonyl (C=O) groups is 1. The number of amides is 1. The molecule has 1 atom stereocenters. The average Bonchev–Trinajstić information content (AvgIpc) is 3.19. The molecule has 6 nitrogen and oxygen atoms in total. The quantitative estimate of drug-likeness (QED) is 0.937. The molecular weight excluding hydrogens is 300 g/mol. The molecule has 3 rings (SSSR count). The lowest BCUT2D eigenvalue weighted by Gasteiger charge is -2.05. The van der Waals surface area contributed by atoms with Crippen LogP contribution in [0.25, 0.3) is 0 Å². The lowest BCUT2D eigenvalue weighted by atomic mass is 10.0. The van der Waals surface area contributed by atoms with Crippen molar-refractivity contribution < 1.29 is 9.53 Å². The third-order valence-corrected chi connectivity index (χ3v) is 4.33. The largest absolute Gasteiger partial charge is 0.371 e. The van der Waals surface area contributed by atoms with Gasteiger partial charge >= 0.3 is 0 Å². The SMILES string of the molecule is N#CCc1ccccc1C(=O)Nc1nnc(C2CCCO2)s1. The van der Waals surface area contributed by atoms with Crippen molar-refractivity contribution in [1.82, 2.24) is 10.2 Å². The molecule has 1 unspecified atom stereocenters. The monoisotopic (exact) mass is 314 g/mol. The van der Waals surface area contributed by atoms with Crippen LogP contribution >= 0.6 is 11.3 Å². The van der Waals surface area contributed by atoms with Gasteiger partial charge in [-0.05, 0) is 24.5 Å². The summed E-state index contributed by atoms with van der Waals surface area (Å²) >= 11 is 1.33. The average molecular weight is 314 g/mol. The predicted octanol–water partition coefficient (Wildman–Crippen LogP) is 2.71. The number of benzene rings is 1. The molecule has 1 aliphatic heterocycles. The van der Waals surface area contributed by atoms with Crippen molar-refractivity contribution in [2.24, 2.45) is 0 Å². The summed E-state index contributed by atoms with van der Waals surface area (Å²) in [6.45, 7) is 0.744. The normalized spacial score (nSPS) is 17.1. The first-order valence-electron chi connectivity index (χ1n) is 6.99. The van der Waals surface area contributed by atoms with Gasteiger partial charge in [-0.15, -0.1) is 10.2 Å². The summed E-state index contributed by atoms with van der Waals surface area (Å²) < 4.78 is 5.55. The van der Waals surface area contributed by atoms with Crippen molar-refractivity contribution in [3.63, 3.8) is 0 Å². The van der Waals surface area contributed by atoms with Crippen LogP contribution in [0.15, 0.2) is 24.3 Å². The summed E-state index contributed by atoms with van der Waals surface area (Å²) in [5.74, 6) is -0.277. The van der Waals surface area contributed by atoms with Crippen molar-refractivity contribution in [3.05, 3.63) is 40.4 Å². The van der Waals surface area contributed by atoms with Crippen molar-refractivity contribution in [1.29, 1.82) is 5.26 Å². The molecule has 2 heterocycles. The maximum Gasteiger partial charge on any atom is 0.257 e. The van der Waals surface area contributed by atoms with E-state index in [-0.39, 0.29) is 18.4 Å². The highest BCUT2D eigenvalue weighted by atomic mass is 32.1. The number of hydrogen-bond acceptors (Lipinski definition) is 6. The van der Waals surface area contributed by atoms with Crippen LogP contribution in [0.2, 0.25) is 0 Å². The summed E-state index contributed by atoms with van der Waals surface area (Å²) in [6.07, 6.45) is 2.15. The summed E-state index contributed by atoms with van der Waals surface area (Å²) in [7, 11) is 0. The van der Waals surface area contributed by atoms with Gasteiger partial charge in [0, 0.05) is 12.2 Å². The van der Waals surface area contributed by atoms with E-state index in [4.69, 9.17) is 10.00 Å². The van der Waals surface area contributed by atoms with E-state index in [1.807, 2.05) is 6.07 Å². The second-order valence-electron chi connectivity index (χ2n) is 4.89. The number of ether oxygens (including phenoxy) is 1. The number of carbonyl (C=O) groups excluding carboxylic acids is 1. The first kappa shape index (κ1) is 14.6. The standard InChI is InChI=1S/C15H14N4O2S/c16-8-7-10-4-1-2-5-11(10)13(20)17-15-19-18-14(22-15)12-6-3-9-21-12/h1-2,4-5,12H,3,6-7,9H2,(H,17,19,20). The fourth-order valence-electron chi connectivity index (χ4n) is 2.33. The molecule has 0 spiro atoms. The van der Waals surface area contributed by atoms with Gasteiger partial charge in [0.15, 0.2) is 0 Å². The topological polar surface area (TPSA) is 87.9 Å². The highest BCUT2D eigenvalue weighted by molar-refractivity contribution is 7.15. The third kappa shape index (κ3) is 3.13. The minimum absolute atomic E-state index is 0.00553. The summed E-state index contributed by atoms with van der Waals surface area (Å²) in [5, 5.41) is 20.9. The lowest BCUT2D eigenvalue weighted by molar-refractivity contribution is 0.102. The molecule has 22 heavy (non-hydrogen) atoms. The van der Waals surface area contributed by atoms with Gasteiger partial charge in [0.05, 0.1) is 12.5 Å². The van der Waals surface area contributed by atoms with Crippen LogP contribution < -0.4 is 5.32 Å². The molecule has 1 aromatic heterocycles. The van der Waals surface area contributed by atoms with Gasteiger partial charge in [-0.3, -0.25) is 10.1 Å². The van der Waals surface area contributed by atoms with Gasteiger partial charge in [0.2, 0.25) is 5.13 Å². The minimum atomic E-state index is -0.277. The van der Waals surface area contributed by atoms with E-state index in [2.05, 4.69) is 21.6 Å². The zero-order chi connectivity index (χ0) is 15.4. The molecule has 0 radical (unpaired) electrons. The zero-order valence-corrected chi connectivity index (χ0v) is 12.6. The number of nitrogens with zero attached hydrogens (tertiary/aromatic N) is 3. The maximum atomic E-state index is 12.3. The fraction of sp³-hybridized carbons (Fsp3) is 0.333. The number of nitrogens with one attached hydrogen (secondary N) is 1. The molecule has 1 saturated heterocycles. The number of anilines is 1. The van der Waals surface area contributed by atoms with Crippen molar-refractivity contribution in [2.45, 2.75) is 25.4 Å². The Morgan fingerprint density at radius 2 is 2.32 bits per heavy atom. The number of hydrogen-bond donors (Lipinski definition) is 1. The van der Waals surface area contributed by atoms with E-state index in [9.17, 15) is 4.79 Å². The van der Waals surface area contributed by atoms with E-state index < -0.39 is 0 Å². The van der Waals surface area contributed by atoms with Gasteiger partial charge in [-0.25, -0.2) is 0 Å². The molecule has 0 bridgehead atoms. The molecule has 0 aliphatic carbocycles. The Labute approximate surface area is 131 Å². The van der Waals surface area contributed by atoms with E-state index in [1.54, 1.807) is 18.2 Å². The van der Waals surface area contributed by atoms with Crippen LogP contribution in [0.5, 0.6) is 0 Å². The third-order valence-electron chi connectivity index (χ3n) is 3.40. The van der Waals surface area contributed by atoms with Gasteiger partial charge in [0.25, 0.3) is 5.91 Å². The molecule has 0 saturated carbocycles. The van der Waals surface area contributed by atoms with Gasteiger partial charge in [-0.1, -0.05) is 29.5 Å². The van der Waals surface area contributed by atoms with Crippen LogP contribution in [0.4, 0.5) is 5.13 Å². The summed E-state index contributed by atoms with van der Waals surface area (Å²) in [6, 6.07) is 9.12. The first-order valence-corrected chi connectivity index (χ1v) is 7.81. The number of aromatic nitrogens is 2. The van der Waals surface area contributed by atoms with Crippen molar-refractivity contribution in [2.75, 3.05) is 11.9 Å². The Kier molecular flexibility index (Phi) is 4.42. The Hall–Kier alpha value is -2.30. The first-order chi connectivity index (χ1) is 10.8. The zero-order valence-electron chi connectivity index (χ0n) is 11.8. The molecule has 112 valence electrons. The minimum Gasteiger partial charge on any atom is -0.371 e. The second-order valence-corrected chi connectivity index (χ2v) is 5.90. The molecule has 1 fully saturated rings. The number of nitriles is 1. The molecule has 1 aromatic carbocycles. The predicted molar refractivity (Wildman–Crippen MR) is 81.5 cm³/mol. The molecule has 7 heteroatoms. The Morgan fingerprint density at radius 3 is 3.09 bits per heavy atom. The van der Waals surface area contributed by atoms with Crippen LogP contribution in [0.3, 0.4) is 0 Å². The highest BCUT2D eigenvalue weighted by Gasteiger charge is 2.22. The van der Waals surface area contributed by atoms with Gasteiger partial charge in [0.1, 0.15) is 11.1 Å². The van der Waals surface area contributed by atoms with Crippen LogP contribution in [-0.4, -0.2) is 22.7 Å². The molecular formula is C15H14N4O2S. The second kappa shape index (κ2) is 6.64. The van der Waals surface area contributed by atoms with Crippen LogP contribution in [0, 0.1) is 11.3 Å². The van der Waals surface area contributed by atoms with E-state index in [0.29, 0.717) is 16.3 Å². The fourth-order valence-corrected chi connectivity index (χ4v) is 3.16. The van der Waals surface area contributed by atoms with E-state index in [1.165, 1.54) is 11.3 Å².